The monoisotopic (exact) mass is 204 g/mol. The van der Waals surface area contributed by atoms with Crippen LogP contribution >= 0.6 is 0 Å². The lowest BCUT2D eigenvalue weighted by Gasteiger charge is -2.04. The lowest BCUT2D eigenvalue weighted by atomic mass is 10.1. The number of hydrogen-bond donors (Lipinski definition) is 1. The first-order valence-corrected chi connectivity index (χ1v) is 4.39. The summed E-state index contributed by atoms with van der Waals surface area (Å²) >= 11 is 0. The van der Waals surface area contributed by atoms with Crippen molar-refractivity contribution in [3.8, 4) is 5.75 Å². The summed E-state index contributed by atoms with van der Waals surface area (Å²) in [5.41, 5.74) is 1.64. The normalized spacial score (nSPS) is 10.2. The molecule has 0 fully saturated rings. The summed E-state index contributed by atoms with van der Waals surface area (Å²) in [6.07, 6.45) is 4.28. The van der Waals surface area contributed by atoms with Gasteiger partial charge in [-0.15, -0.1) is 0 Å². The first-order chi connectivity index (χ1) is 7.17. The highest BCUT2D eigenvalue weighted by Crippen LogP contribution is 2.19. The fraction of sp³-hybridized carbons (Fsp3) is 0.0833. The molecular weight excluding hydrogens is 192 g/mol. The zero-order chi connectivity index (χ0) is 11.3. The molecule has 3 heteroatoms. The van der Waals surface area contributed by atoms with Crippen LogP contribution in [-0.4, -0.2) is 18.2 Å². The van der Waals surface area contributed by atoms with Crippen molar-refractivity contribution in [3.63, 3.8) is 0 Å². The average Bonchev–Trinajstić information content (AvgIpc) is 2.25. The summed E-state index contributed by atoms with van der Waals surface area (Å²) in [7, 11) is 1.58. The van der Waals surface area contributed by atoms with Crippen LogP contribution < -0.4 is 4.74 Å². The van der Waals surface area contributed by atoms with E-state index >= 15 is 0 Å². The number of carbonyl (C=O) groups is 1. The van der Waals surface area contributed by atoms with Gasteiger partial charge in [0.2, 0.25) is 0 Å². The van der Waals surface area contributed by atoms with E-state index in [1.165, 1.54) is 6.08 Å². The molecule has 1 N–H and O–H groups in total. The molecule has 1 aromatic rings. The Morgan fingerprint density at radius 1 is 1.47 bits per heavy atom. The first-order valence-electron chi connectivity index (χ1n) is 4.39. The number of rotatable bonds is 4. The molecule has 0 aliphatic rings. The predicted molar refractivity (Wildman–Crippen MR) is 59.8 cm³/mol. The third-order valence-electron chi connectivity index (χ3n) is 1.92. The van der Waals surface area contributed by atoms with Gasteiger partial charge in [0.05, 0.1) is 7.11 Å². The minimum atomic E-state index is -0.971. The number of hydrogen-bond acceptors (Lipinski definition) is 2. The van der Waals surface area contributed by atoms with E-state index in [0.29, 0.717) is 0 Å². The molecule has 15 heavy (non-hydrogen) atoms. The number of methoxy groups -OCH3 is 1. The standard InChI is InChI=1S/C12H12O3/c1-3-9-8-11(15-2)6-4-10(9)5-7-12(13)14/h3-8H,1H2,2H3,(H,13,14)/b7-5+. The Morgan fingerprint density at radius 2 is 2.20 bits per heavy atom. The summed E-state index contributed by atoms with van der Waals surface area (Å²) < 4.78 is 5.05. The number of benzene rings is 1. The highest BCUT2D eigenvalue weighted by Gasteiger charge is 1.99. The summed E-state index contributed by atoms with van der Waals surface area (Å²) in [5, 5.41) is 8.50. The molecule has 0 radical (unpaired) electrons. The molecule has 0 unspecified atom stereocenters. The van der Waals surface area contributed by atoms with Crippen molar-refractivity contribution in [2.45, 2.75) is 0 Å². The van der Waals surface area contributed by atoms with Crippen LogP contribution in [0.25, 0.3) is 12.2 Å². The highest BCUT2D eigenvalue weighted by atomic mass is 16.5. The summed E-state index contributed by atoms with van der Waals surface area (Å²) in [4.78, 5) is 10.4. The molecule has 1 aromatic carbocycles. The van der Waals surface area contributed by atoms with Gasteiger partial charge >= 0.3 is 5.97 Å². The Bertz CT molecular complexity index is 405. The van der Waals surface area contributed by atoms with Gasteiger partial charge in [-0.05, 0) is 29.3 Å². The van der Waals surface area contributed by atoms with Gasteiger partial charge in [0, 0.05) is 6.08 Å². The van der Waals surface area contributed by atoms with Crippen molar-refractivity contribution in [1.29, 1.82) is 0 Å². The molecule has 0 heterocycles. The SMILES string of the molecule is C=Cc1cc(OC)ccc1/C=C/C(=O)O. The molecule has 0 bridgehead atoms. The van der Waals surface area contributed by atoms with Crippen molar-refractivity contribution in [3.05, 3.63) is 42.0 Å². The highest BCUT2D eigenvalue weighted by molar-refractivity contribution is 5.86. The van der Waals surface area contributed by atoms with Crippen LogP contribution in [0.2, 0.25) is 0 Å². The quantitative estimate of drug-likeness (QED) is 0.766. The Labute approximate surface area is 88.3 Å². The second kappa shape index (κ2) is 5.00. The molecule has 78 valence electrons. The van der Waals surface area contributed by atoms with Gasteiger partial charge in [0.1, 0.15) is 5.75 Å². The fourth-order valence-electron chi connectivity index (χ4n) is 1.17. The first kappa shape index (κ1) is 11.0. The smallest absolute Gasteiger partial charge is 0.328 e. The minimum Gasteiger partial charge on any atom is -0.497 e. The van der Waals surface area contributed by atoms with E-state index in [9.17, 15) is 4.79 Å². The maximum Gasteiger partial charge on any atom is 0.328 e. The molecule has 0 aliphatic carbocycles. The van der Waals surface area contributed by atoms with Crippen LogP contribution in [0.1, 0.15) is 11.1 Å². The van der Waals surface area contributed by atoms with E-state index in [1.54, 1.807) is 31.4 Å². The Morgan fingerprint density at radius 3 is 2.73 bits per heavy atom. The zero-order valence-corrected chi connectivity index (χ0v) is 8.43. The van der Waals surface area contributed by atoms with Crippen LogP contribution in [0.15, 0.2) is 30.9 Å². The Hall–Kier alpha value is -2.03. The van der Waals surface area contributed by atoms with Gasteiger partial charge in [-0.3, -0.25) is 0 Å². The van der Waals surface area contributed by atoms with E-state index in [-0.39, 0.29) is 0 Å². The molecule has 0 saturated heterocycles. The summed E-state index contributed by atoms with van der Waals surface area (Å²) in [6.45, 7) is 3.66. The Balaban J connectivity index is 3.07. The van der Waals surface area contributed by atoms with E-state index in [0.717, 1.165) is 23.0 Å². The van der Waals surface area contributed by atoms with Crippen LogP contribution in [0.5, 0.6) is 5.75 Å². The molecule has 0 saturated carbocycles. The summed E-state index contributed by atoms with van der Waals surface area (Å²) in [5.74, 6) is -0.252. The number of ether oxygens (including phenoxy) is 1. The van der Waals surface area contributed by atoms with Crippen molar-refractivity contribution in [1.82, 2.24) is 0 Å². The summed E-state index contributed by atoms with van der Waals surface area (Å²) in [6, 6.07) is 5.36. The number of carboxylic acid groups (broad SMARTS) is 1. The molecule has 1 rings (SSSR count). The van der Waals surface area contributed by atoms with Crippen LogP contribution in [-0.2, 0) is 4.79 Å². The lowest BCUT2D eigenvalue weighted by Crippen LogP contribution is -1.89. The van der Waals surface area contributed by atoms with Crippen molar-refractivity contribution in [2.24, 2.45) is 0 Å². The van der Waals surface area contributed by atoms with Crippen molar-refractivity contribution >= 4 is 18.1 Å². The number of aliphatic carboxylic acids is 1. The van der Waals surface area contributed by atoms with Gasteiger partial charge in [0.25, 0.3) is 0 Å². The van der Waals surface area contributed by atoms with Gasteiger partial charge in [0.15, 0.2) is 0 Å². The van der Waals surface area contributed by atoms with E-state index in [2.05, 4.69) is 6.58 Å². The van der Waals surface area contributed by atoms with Gasteiger partial charge < -0.3 is 9.84 Å². The zero-order valence-electron chi connectivity index (χ0n) is 8.43. The molecule has 0 aliphatic heterocycles. The van der Waals surface area contributed by atoms with E-state index < -0.39 is 5.97 Å². The second-order valence-electron chi connectivity index (χ2n) is 2.87. The number of carboxylic acids is 1. The van der Waals surface area contributed by atoms with Crippen molar-refractivity contribution in [2.75, 3.05) is 7.11 Å². The van der Waals surface area contributed by atoms with Crippen LogP contribution in [0.3, 0.4) is 0 Å². The van der Waals surface area contributed by atoms with Gasteiger partial charge in [-0.2, -0.15) is 0 Å². The maximum absolute atomic E-state index is 10.4. The van der Waals surface area contributed by atoms with E-state index in [4.69, 9.17) is 9.84 Å². The minimum absolute atomic E-state index is 0.720. The molecular formula is C12H12O3. The molecule has 0 aromatic heterocycles. The van der Waals surface area contributed by atoms with Gasteiger partial charge in [-0.1, -0.05) is 18.7 Å². The maximum atomic E-state index is 10.4. The van der Waals surface area contributed by atoms with E-state index in [1.807, 2.05) is 0 Å². The lowest BCUT2D eigenvalue weighted by molar-refractivity contribution is -0.131. The molecule has 0 spiro atoms. The fourth-order valence-corrected chi connectivity index (χ4v) is 1.17. The average molecular weight is 204 g/mol. The Kier molecular flexibility index (Phi) is 3.68. The van der Waals surface area contributed by atoms with Crippen molar-refractivity contribution < 1.29 is 14.6 Å². The third-order valence-corrected chi connectivity index (χ3v) is 1.92. The molecule has 0 atom stereocenters. The predicted octanol–water partition coefficient (Wildman–Crippen LogP) is 2.44. The van der Waals surface area contributed by atoms with Gasteiger partial charge in [-0.25, -0.2) is 4.79 Å². The van der Waals surface area contributed by atoms with Crippen LogP contribution in [0, 0.1) is 0 Å². The third kappa shape index (κ3) is 2.98. The van der Waals surface area contributed by atoms with Crippen LogP contribution in [0.4, 0.5) is 0 Å². The molecule has 0 amide bonds. The second-order valence-corrected chi connectivity index (χ2v) is 2.87. The largest absolute Gasteiger partial charge is 0.497 e. The molecule has 3 nitrogen and oxygen atoms in total. The topological polar surface area (TPSA) is 46.5 Å².